The standard InChI is InChI=1S/C17H28O4/c1-4-11-20-16(18)13(3)15(17(19)21-12-5-2)14-9-7-6-8-10-14/h14H,4-12H2,1-3H3/b15-13-. The van der Waals surface area contributed by atoms with Crippen LogP contribution in [-0.4, -0.2) is 25.2 Å². The second kappa shape index (κ2) is 9.59. The minimum absolute atomic E-state index is 0.136. The first-order valence-corrected chi connectivity index (χ1v) is 8.16. The van der Waals surface area contributed by atoms with Crippen LogP contribution >= 0.6 is 0 Å². The van der Waals surface area contributed by atoms with Crippen molar-refractivity contribution in [2.24, 2.45) is 5.92 Å². The van der Waals surface area contributed by atoms with Crippen LogP contribution in [0.25, 0.3) is 0 Å². The summed E-state index contributed by atoms with van der Waals surface area (Å²) in [6.07, 6.45) is 6.87. The average molecular weight is 296 g/mol. The summed E-state index contributed by atoms with van der Waals surface area (Å²) in [4.78, 5) is 24.4. The molecule has 0 aliphatic heterocycles. The van der Waals surface area contributed by atoms with E-state index in [0.29, 0.717) is 24.4 Å². The molecule has 120 valence electrons. The lowest BCUT2D eigenvalue weighted by molar-refractivity contribution is -0.143. The van der Waals surface area contributed by atoms with E-state index >= 15 is 0 Å². The SMILES string of the molecule is CCCOC(=O)/C(C)=C(\C(=O)OCCC)C1CCCCC1. The summed E-state index contributed by atoms with van der Waals surface area (Å²) in [6, 6.07) is 0. The molecule has 0 unspecified atom stereocenters. The molecule has 0 aromatic rings. The zero-order valence-corrected chi connectivity index (χ0v) is 13.6. The molecule has 0 radical (unpaired) electrons. The van der Waals surface area contributed by atoms with Gasteiger partial charge in [-0.1, -0.05) is 33.1 Å². The fraction of sp³-hybridized carbons (Fsp3) is 0.765. The summed E-state index contributed by atoms with van der Waals surface area (Å²) < 4.78 is 10.5. The zero-order chi connectivity index (χ0) is 15.7. The highest BCUT2D eigenvalue weighted by Gasteiger charge is 2.28. The molecule has 0 bridgehead atoms. The van der Waals surface area contributed by atoms with E-state index in [1.165, 1.54) is 6.42 Å². The van der Waals surface area contributed by atoms with Crippen LogP contribution < -0.4 is 0 Å². The van der Waals surface area contributed by atoms with Gasteiger partial charge in [-0.2, -0.15) is 0 Å². The van der Waals surface area contributed by atoms with Crippen molar-refractivity contribution in [3.8, 4) is 0 Å². The highest BCUT2D eigenvalue weighted by atomic mass is 16.5. The van der Waals surface area contributed by atoms with Crippen molar-refractivity contribution >= 4 is 11.9 Å². The lowest BCUT2D eigenvalue weighted by atomic mass is 9.82. The van der Waals surface area contributed by atoms with E-state index in [0.717, 1.165) is 38.5 Å². The number of rotatable bonds is 7. The largest absolute Gasteiger partial charge is 0.462 e. The van der Waals surface area contributed by atoms with Crippen LogP contribution in [0, 0.1) is 5.92 Å². The number of hydrogen-bond acceptors (Lipinski definition) is 4. The first kappa shape index (κ1) is 17.7. The van der Waals surface area contributed by atoms with Gasteiger partial charge in [0, 0.05) is 5.57 Å². The van der Waals surface area contributed by atoms with Gasteiger partial charge in [0.05, 0.1) is 18.8 Å². The molecule has 1 fully saturated rings. The molecule has 0 heterocycles. The zero-order valence-electron chi connectivity index (χ0n) is 13.6. The van der Waals surface area contributed by atoms with E-state index in [4.69, 9.17) is 9.47 Å². The van der Waals surface area contributed by atoms with Crippen LogP contribution in [0.4, 0.5) is 0 Å². The van der Waals surface area contributed by atoms with Gasteiger partial charge in [-0.3, -0.25) is 0 Å². The Bertz CT molecular complexity index is 378. The summed E-state index contributed by atoms with van der Waals surface area (Å²) in [7, 11) is 0. The molecular formula is C17H28O4. The Hall–Kier alpha value is -1.32. The van der Waals surface area contributed by atoms with Gasteiger partial charge in [0.15, 0.2) is 0 Å². The maximum Gasteiger partial charge on any atom is 0.334 e. The van der Waals surface area contributed by atoms with Gasteiger partial charge < -0.3 is 9.47 Å². The van der Waals surface area contributed by atoms with E-state index in [1.807, 2.05) is 13.8 Å². The molecule has 1 rings (SSSR count). The number of carbonyl (C=O) groups excluding carboxylic acids is 2. The van der Waals surface area contributed by atoms with Crippen molar-refractivity contribution in [1.29, 1.82) is 0 Å². The normalized spacial score (nSPS) is 17.1. The van der Waals surface area contributed by atoms with Gasteiger partial charge in [-0.25, -0.2) is 9.59 Å². The van der Waals surface area contributed by atoms with Crippen molar-refractivity contribution in [1.82, 2.24) is 0 Å². The summed E-state index contributed by atoms with van der Waals surface area (Å²) in [5, 5.41) is 0. The first-order chi connectivity index (χ1) is 10.1. The van der Waals surface area contributed by atoms with E-state index < -0.39 is 0 Å². The third kappa shape index (κ3) is 5.52. The summed E-state index contributed by atoms with van der Waals surface area (Å²) >= 11 is 0. The molecule has 0 saturated heterocycles. The number of hydrogen-bond donors (Lipinski definition) is 0. The minimum atomic E-state index is -0.383. The van der Waals surface area contributed by atoms with Crippen molar-refractivity contribution < 1.29 is 19.1 Å². The Labute approximate surface area is 127 Å². The second-order valence-corrected chi connectivity index (χ2v) is 5.65. The van der Waals surface area contributed by atoms with Crippen LogP contribution in [0.1, 0.15) is 65.7 Å². The van der Waals surface area contributed by atoms with E-state index in [1.54, 1.807) is 6.92 Å². The monoisotopic (exact) mass is 296 g/mol. The topological polar surface area (TPSA) is 52.6 Å². The third-order valence-electron chi connectivity index (χ3n) is 3.82. The molecule has 0 aromatic heterocycles. The Balaban J connectivity index is 2.92. The molecule has 4 nitrogen and oxygen atoms in total. The average Bonchev–Trinajstić information content (AvgIpc) is 2.51. The van der Waals surface area contributed by atoms with Gasteiger partial charge >= 0.3 is 11.9 Å². The number of ether oxygens (including phenoxy) is 2. The molecule has 4 heteroatoms. The van der Waals surface area contributed by atoms with Crippen molar-refractivity contribution in [2.75, 3.05) is 13.2 Å². The molecule has 1 aliphatic carbocycles. The number of carbonyl (C=O) groups is 2. The van der Waals surface area contributed by atoms with Crippen LogP contribution in [-0.2, 0) is 19.1 Å². The second-order valence-electron chi connectivity index (χ2n) is 5.65. The van der Waals surface area contributed by atoms with Gasteiger partial charge in [-0.15, -0.1) is 0 Å². The smallest absolute Gasteiger partial charge is 0.334 e. The fourth-order valence-corrected chi connectivity index (χ4v) is 2.70. The molecule has 0 amide bonds. The van der Waals surface area contributed by atoms with E-state index in [9.17, 15) is 9.59 Å². The molecule has 0 atom stereocenters. The molecule has 0 N–H and O–H groups in total. The maximum atomic E-state index is 12.3. The minimum Gasteiger partial charge on any atom is -0.462 e. The van der Waals surface area contributed by atoms with Crippen LogP contribution in [0.2, 0.25) is 0 Å². The van der Waals surface area contributed by atoms with Gasteiger partial charge in [0.25, 0.3) is 0 Å². The van der Waals surface area contributed by atoms with Crippen LogP contribution in [0.15, 0.2) is 11.1 Å². The van der Waals surface area contributed by atoms with E-state index in [2.05, 4.69) is 0 Å². The van der Waals surface area contributed by atoms with Crippen molar-refractivity contribution in [2.45, 2.75) is 65.7 Å². The van der Waals surface area contributed by atoms with Gasteiger partial charge in [0.2, 0.25) is 0 Å². The highest BCUT2D eigenvalue weighted by Crippen LogP contribution is 2.32. The molecule has 0 spiro atoms. The Morgan fingerprint density at radius 1 is 0.905 bits per heavy atom. The predicted octanol–water partition coefficient (Wildman–Crippen LogP) is 3.79. The van der Waals surface area contributed by atoms with Crippen molar-refractivity contribution in [3.05, 3.63) is 11.1 Å². The van der Waals surface area contributed by atoms with Crippen LogP contribution in [0.3, 0.4) is 0 Å². The Morgan fingerprint density at radius 3 is 1.95 bits per heavy atom. The maximum absolute atomic E-state index is 12.3. The molecule has 1 aliphatic rings. The first-order valence-electron chi connectivity index (χ1n) is 8.16. The van der Waals surface area contributed by atoms with Crippen molar-refractivity contribution in [3.63, 3.8) is 0 Å². The molecule has 0 aromatic carbocycles. The lowest BCUT2D eigenvalue weighted by Crippen LogP contribution is -2.23. The Kier molecular flexibility index (Phi) is 8.09. The molecule has 1 saturated carbocycles. The lowest BCUT2D eigenvalue weighted by Gasteiger charge is -2.24. The number of esters is 2. The molecular weight excluding hydrogens is 268 g/mol. The van der Waals surface area contributed by atoms with Gasteiger partial charge in [0.1, 0.15) is 0 Å². The van der Waals surface area contributed by atoms with Gasteiger partial charge in [-0.05, 0) is 38.5 Å². The third-order valence-corrected chi connectivity index (χ3v) is 3.82. The van der Waals surface area contributed by atoms with E-state index in [-0.39, 0.29) is 17.9 Å². The molecule has 21 heavy (non-hydrogen) atoms. The summed E-state index contributed by atoms with van der Waals surface area (Å²) in [5.74, 6) is -0.585. The summed E-state index contributed by atoms with van der Waals surface area (Å²) in [5.41, 5.74) is 0.973. The summed E-state index contributed by atoms with van der Waals surface area (Å²) in [6.45, 7) is 6.38. The Morgan fingerprint density at radius 2 is 1.43 bits per heavy atom. The fourth-order valence-electron chi connectivity index (χ4n) is 2.70. The van der Waals surface area contributed by atoms with Crippen LogP contribution in [0.5, 0.6) is 0 Å². The predicted molar refractivity (Wildman–Crippen MR) is 81.8 cm³/mol. The highest BCUT2D eigenvalue weighted by molar-refractivity contribution is 6.00. The quantitative estimate of drug-likeness (QED) is 0.530.